The number of aliphatic hydroxyl groups excluding tert-OH is 1. The number of allylic oxidation sites excluding steroid dienone is 2. The van der Waals surface area contributed by atoms with E-state index in [2.05, 4.69) is 46.8 Å². The van der Waals surface area contributed by atoms with Crippen LogP contribution in [-0.2, 0) is 0 Å². The second kappa shape index (κ2) is 7.75. The smallest absolute Gasteiger partial charge is 0.0543 e. The second-order valence-corrected chi connectivity index (χ2v) is 11.9. The Balaban J connectivity index is 1.51. The first-order valence-electron chi connectivity index (χ1n) is 12.7. The monoisotopic (exact) mass is 386 g/mol. The fraction of sp³-hybridized carbons (Fsp3) is 0.926. The van der Waals surface area contributed by atoms with Crippen LogP contribution in [0.2, 0.25) is 0 Å². The maximum atomic E-state index is 10.2. The fourth-order valence-electron chi connectivity index (χ4n) is 8.77. The van der Waals surface area contributed by atoms with Crippen molar-refractivity contribution in [2.45, 2.75) is 105 Å². The fourth-order valence-corrected chi connectivity index (χ4v) is 8.77. The third-order valence-corrected chi connectivity index (χ3v) is 10.7. The van der Waals surface area contributed by atoms with Gasteiger partial charge in [0.2, 0.25) is 0 Å². The Morgan fingerprint density at radius 2 is 1.61 bits per heavy atom. The standard InChI is InChI=1S/C27H46O/c1-6-18(2)7-8-19(3)23-11-12-24-22-10-9-20-17-21(28)13-15-26(20,4)25(22)14-16-27(23,24)5/h7-8,18-25,28H,6,9-17H2,1-5H3/t18-,19-,20?,21+,22+,23-,24+,25+,26+,27-/m1/s1. The van der Waals surface area contributed by atoms with Crippen molar-refractivity contribution >= 4 is 0 Å². The average molecular weight is 387 g/mol. The van der Waals surface area contributed by atoms with Gasteiger partial charge in [-0.15, -0.1) is 0 Å². The van der Waals surface area contributed by atoms with Gasteiger partial charge in [0.25, 0.3) is 0 Å². The van der Waals surface area contributed by atoms with Crippen LogP contribution >= 0.6 is 0 Å². The lowest BCUT2D eigenvalue weighted by Crippen LogP contribution is -2.54. The van der Waals surface area contributed by atoms with E-state index in [9.17, 15) is 5.11 Å². The second-order valence-electron chi connectivity index (χ2n) is 11.9. The minimum atomic E-state index is -0.0162. The SMILES string of the molecule is CC[C@@H](C)C=C[C@@H](C)[C@H]1CC[C@H]2[C@@H]3CCC4C[C@@H](O)CC[C@]4(C)[C@H]3CC[C@]12C. The van der Waals surface area contributed by atoms with Gasteiger partial charge in [-0.1, -0.05) is 53.2 Å². The lowest BCUT2D eigenvalue weighted by molar-refractivity contribution is -0.128. The van der Waals surface area contributed by atoms with Crippen molar-refractivity contribution in [3.05, 3.63) is 12.2 Å². The summed E-state index contributed by atoms with van der Waals surface area (Å²) in [6.07, 6.45) is 18.4. The number of fused-ring (bicyclic) bond motifs is 5. The Morgan fingerprint density at radius 3 is 2.36 bits per heavy atom. The van der Waals surface area contributed by atoms with Crippen molar-refractivity contribution in [3.8, 4) is 0 Å². The molecule has 1 nitrogen and oxygen atoms in total. The molecule has 0 saturated heterocycles. The van der Waals surface area contributed by atoms with Crippen molar-refractivity contribution in [1.29, 1.82) is 0 Å². The van der Waals surface area contributed by atoms with Crippen LogP contribution in [-0.4, -0.2) is 11.2 Å². The molecule has 4 aliphatic rings. The van der Waals surface area contributed by atoms with Gasteiger partial charge in [0.1, 0.15) is 0 Å². The van der Waals surface area contributed by atoms with Gasteiger partial charge in [-0.05, 0) is 110 Å². The molecule has 0 aromatic carbocycles. The summed E-state index contributed by atoms with van der Waals surface area (Å²) in [6.45, 7) is 12.5. The molecule has 4 rings (SSSR count). The first kappa shape index (κ1) is 21.0. The maximum Gasteiger partial charge on any atom is 0.0543 e. The Bertz CT molecular complexity index is 581. The molecule has 1 unspecified atom stereocenters. The van der Waals surface area contributed by atoms with E-state index in [4.69, 9.17) is 0 Å². The minimum absolute atomic E-state index is 0.0162. The highest BCUT2D eigenvalue weighted by Gasteiger charge is 2.60. The van der Waals surface area contributed by atoms with E-state index in [-0.39, 0.29) is 6.10 Å². The highest BCUT2D eigenvalue weighted by Crippen LogP contribution is 2.68. The molecule has 4 saturated carbocycles. The van der Waals surface area contributed by atoms with Gasteiger partial charge in [0.15, 0.2) is 0 Å². The Labute approximate surface area is 174 Å². The number of aliphatic hydroxyl groups is 1. The zero-order chi connectivity index (χ0) is 20.1. The predicted octanol–water partition coefficient (Wildman–Crippen LogP) is 7.24. The number of rotatable bonds is 4. The molecule has 0 bridgehead atoms. The summed E-state index contributed by atoms with van der Waals surface area (Å²) in [5.41, 5.74) is 1.08. The molecule has 1 N–H and O–H groups in total. The van der Waals surface area contributed by atoms with Crippen LogP contribution in [0.3, 0.4) is 0 Å². The van der Waals surface area contributed by atoms with Gasteiger partial charge in [0.05, 0.1) is 6.10 Å². The first-order valence-corrected chi connectivity index (χ1v) is 12.7. The molecular weight excluding hydrogens is 340 g/mol. The number of hydrogen-bond donors (Lipinski definition) is 1. The Hall–Kier alpha value is -0.300. The summed E-state index contributed by atoms with van der Waals surface area (Å²) in [5, 5.41) is 10.2. The van der Waals surface area contributed by atoms with E-state index >= 15 is 0 Å². The van der Waals surface area contributed by atoms with Crippen LogP contribution in [0, 0.1) is 52.3 Å². The summed E-state index contributed by atoms with van der Waals surface area (Å²) in [6, 6.07) is 0. The van der Waals surface area contributed by atoms with E-state index in [1.54, 1.807) is 0 Å². The van der Waals surface area contributed by atoms with Gasteiger partial charge < -0.3 is 5.11 Å². The summed E-state index contributed by atoms with van der Waals surface area (Å²) >= 11 is 0. The van der Waals surface area contributed by atoms with E-state index in [0.29, 0.717) is 10.8 Å². The largest absolute Gasteiger partial charge is 0.393 e. The summed E-state index contributed by atoms with van der Waals surface area (Å²) in [7, 11) is 0. The predicted molar refractivity (Wildman–Crippen MR) is 119 cm³/mol. The zero-order valence-corrected chi connectivity index (χ0v) is 19.3. The molecule has 160 valence electrons. The highest BCUT2D eigenvalue weighted by molar-refractivity contribution is 5.11. The lowest BCUT2D eigenvalue weighted by atomic mass is 9.44. The molecule has 28 heavy (non-hydrogen) atoms. The van der Waals surface area contributed by atoms with Crippen LogP contribution in [0.5, 0.6) is 0 Å². The summed E-state index contributed by atoms with van der Waals surface area (Å²) in [4.78, 5) is 0. The lowest BCUT2D eigenvalue weighted by Gasteiger charge is -2.61. The summed E-state index contributed by atoms with van der Waals surface area (Å²) in [5.74, 6) is 5.99. The maximum absolute atomic E-state index is 10.2. The van der Waals surface area contributed by atoms with Crippen LogP contribution < -0.4 is 0 Å². The highest BCUT2D eigenvalue weighted by atomic mass is 16.3. The van der Waals surface area contributed by atoms with Crippen LogP contribution in [0.1, 0.15) is 98.8 Å². The molecule has 1 heteroatoms. The van der Waals surface area contributed by atoms with E-state index in [1.807, 2.05) is 0 Å². The van der Waals surface area contributed by atoms with E-state index < -0.39 is 0 Å². The van der Waals surface area contributed by atoms with Gasteiger partial charge in [-0.3, -0.25) is 0 Å². The quantitative estimate of drug-likeness (QED) is 0.505. The molecule has 0 aliphatic heterocycles. The van der Waals surface area contributed by atoms with Gasteiger partial charge in [-0.25, -0.2) is 0 Å². The molecule has 0 spiro atoms. The normalized spacial score (nSPS) is 50.6. The van der Waals surface area contributed by atoms with Crippen molar-refractivity contribution in [2.24, 2.45) is 52.3 Å². The third-order valence-electron chi connectivity index (χ3n) is 10.7. The van der Waals surface area contributed by atoms with Gasteiger partial charge in [-0.2, -0.15) is 0 Å². The molecule has 10 atom stereocenters. The zero-order valence-electron chi connectivity index (χ0n) is 19.3. The topological polar surface area (TPSA) is 20.2 Å². The van der Waals surface area contributed by atoms with Crippen LogP contribution in [0.4, 0.5) is 0 Å². The Kier molecular flexibility index (Phi) is 5.80. The number of hydrogen-bond acceptors (Lipinski definition) is 1. The van der Waals surface area contributed by atoms with Crippen molar-refractivity contribution in [3.63, 3.8) is 0 Å². The molecule has 0 aromatic heterocycles. The van der Waals surface area contributed by atoms with Crippen molar-refractivity contribution < 1.29 is 5.11 Å². The third kappa shape index (κ3) is 3.32. The molecule has 0 aromatic rings. The average Bonchev–Trinajstić information content (AvgIpc) is 3.03. The Morgan fingerprint density at radius 1 is 0.893 bits per heavy atom. The van der Waals surface area contributed by atoms with Crippen molar-refractivity contribution in [1.82, 2.24) is 0 Å². The first-order chi connectivity index (χ1) is 13.3. The molecule has 4 aliphatic carbocycles. The molecule has 4 fully saturated rings. The summed E-state index contributed by atoms with van der Waals surface area (Å²) < 4.78 is 0. The molecular formula is C27H46O. The van der Waals surface area contributed by atoms with E-state index in [1.165, 1.54) is 51.4 Å². The minimum Gasteiger partial charge on any atom is -0.393 e. The van der Waals surface area contributed by atoms with Crippen LogP contribution in [0.25, 0.3) is 0 Å². The van der Waals surface area contributed by atoms with Crippen LogP contribution in [0.15, 0.2) is 12.2 Å². The van der Waals surface area contributed by atoms with E-state index in [0.717, 1.165) is 54.3 Å². The van der Waals surface area contributed by atoms with Gasteiger partial charge in [0, 0.05) is 0 Å². The van der Waals surface area contributed by atoms with Gasteiger partial charge >= 0.3 is 0 Å². The molecule has 0 heterocycles. The molecule has 0 amide bonds. The van der Waals surface area contributed by atoms with Crippen molar-refractivity contribution in [2.75, 3.05) is 0 Å². The molecule has 0 radical (unpaired) electrons.